The Hall–Kier alpha value is -3.10. The van der Waals surface area contributed by atoms with Gasteiger partial charge in [-0.2, -0.15) is 0 Å². The summed E-state index contributed by atoms with van der Waals surface area (Å²) in [6, 6.07) is 13.1. The Morgan fingerprint density at radius 1 is 1.12 bits per heavy atom. The Balaban J connectivity index is 1.35. The Labute approximate surface area is 203 Å². The summed E-state index contributed by atoms with van der Waals surface area (Å²) in [4.78, 5) is 41.2. The van der Waals surface area contributed by atoms with Crippen LogP contribution in [-0.2, 0) is 22.4 Å². The molecule has 2 amide bonds. The number of hydrogen-bond donors (Lipinski definition) is 3. The third-order valence-electron chi connectivity index (χ3n) is 6.40. The predicted octanol–water partition coefficient (Wildman–Crippen LogP) is 1.81. The summed E-state index contributed by atoms with van der Waals surface area (Å²) in [6.07, 6.45) is 0.889. The molecule has 0 saturated carbocycles. The van der Waals surface area contributed by atoms with E-state index in [0.29, 0.717) is 29.1 Å². The normalized spacial score (nSPS) is 16.7. The van der Waals surface area contributed by atoms with Crippen LogP contribution in [0.25, 0.3) is 0 Å². The van der Waals surface area contributed by atoms with E-state index in [4.69, 9.17) is 11.6 Å². The minimum atomic E-state index is -1.01. The van der Waals surface area contributed by atoms with Crippen LogP contribution in [0.5, 0.6) is 0 Å². The minimum Gasteiger partial charge on any atom is -0.481 e. The van der Waals surface area contributed by atoms with Gasteiger partial charge in [-0.3, -0.25) is 14.4 Å². The number of carboxylic acids is 1. The molecule has 2 aliphatic rings. The second kappa shape index (κ2) is 10.9. The second-order valence-corrected chi connectivity index (χ2v) is 9.10. The first-order valence-electron chi connectivity index (χ1n) is 11.5. The predicted molar refractivity (Wildman–Crippen MR) is 130 cm³/mol. The summed E-state index contributed by atoms with van der Waals surface area (Å²) < 4.78 is 0. The first-order chi connectivity index (χ1) is 16.4. The van der Waals surface area contributed by atoms with Gasteiger partial charge in [0.25, 0.3) is 5.91 Å². The Kier molecular flexibility index (Phi) is 7.70. The van der Waals surface area contributed by atoms with Crippen molar-refractivity contribution < 1.29 is 19.5 Å². The van der Waals surface area contributed by atoms with Gasteiger partial charge < -0.3 is 25.5 Å². The molecule has 1 atom stereocenters. The summed E-state index contributed by atoms with van der Waals surface area (Å²) in [5, 5.41) is 16.1. The van der Waals surface area contributed by atoms with Gasteiger partial charge in [-0.05, 0) is 42.2 Å². The van der Waals surface area contributed by atoms with Crippen molar-refractivity contribution in [2.45, 2.75) is 12.8 Å². The number of carbonyl (C=O) groups is 3. The number of nitrogens with zero attached hydrogens (tertiary/aromatic N) is 2. The standard InChI is InChI=1S/C25H29ClN4O4/c26-22-4-2-1-3-18(22)13-19(25(33)34)15-28-23(31)16-30-10-7-17-5-6-20(14-21(17)24(30)32)29-11-8-27-9-12-29/h1-6,14,19,27H,7-13,15-16H2,(H,28,31)(H,33,34)/t19-/m1/s1. The molecule has 0 unspecified atom stereocenters. The zero-order valence-electron chi connectivity index (χ0n) is 18.9. The van der Waals surface area contributed by atoms with Gasteiger partial charge >= 0.3 is 5.97 Å². The molecule has 4 rings (SSSR count). The quantitative estimate of drug-likeness (QED) is 0.528. The maximum Gasteiger partial charge on any atom is 0.308 e. The number of carboxylic acid groups (broad SMARTS) is 1. The molecule has 1 saturated heterocycles. The van der Waals surface area contributed by atoms with E-state index in [1.54, 1.807) is 24.3 Å². The summed E-state index contributed by atoms with van der Waals surface area (Å²) in [5.74, 6) is -2.37. The van der Waals surface area contributed by atoms with Crippen molar-refractivity contribution in [3.8, 4) is 0 Å². The maximum absolute atomic E-state index is 13.1. The van der Waals surface area contributed by atoms with Crippen molar-refractivity contribution in [2.24, 2.45) is 5.92 Å². The highest BCUT2D eigenvalue weighted by atomic mass is 35.5. The number of hydrogen-bond acceptors (Lipinski definition) is 5. The molecule has 0 aromatic heterocycles. The molecule has 34 heavy (non-hydrogen) atoms. The molecule has 0 bridgehead atoms. The van der Waals surface area contributed by atoms with Crippen LogP contribution in [-0.4, -0.2) is 73.6 Å². The monoisotopic (exact) mass is 484 g/mol. The van der Waals surface area contributed by atoms with Crippen LogP contribution in [0.1, 0.15) is 21.5 Å². The van der Waals surface area contributed by atoms with Crippen LogP contribution < -0.4 is 15.5 Å². The number of nitrogens with one attached hydrogen (secondary N) is 2. The number of fused-ring (bicyclic) bond motifs is 1. The zero-order chi connectivity index (χ0) is 24.1. The van der Waals surface area contributed by atoms with E-state index in [9.17, 15) is 19.5 Å². The SMILES string of the molecule is O=C(CN1CCc2ccc(N3CCNCC3)cc2C1=O)NC[C@@H](Cc1ccccc1Cl)C(=O)O. The number of rotatable bonds is 8. The van der Waals surface area contributed by atoms with Gasteiger partial charge in [0.2, 0.25) is 5.91 Å². The summed E-state index contributed by atoms with van der Waals surface area (Å²) >= 11 is 6.15. The number of amides is 2. The minimum absolute atomic E-state index is 0.0366. The highest BCUT2D eigenvalue weighted by molar-refractivity contribution is 6.31. The fourth-order valence-electron chi connectivity index (χ4n) is 4.42. The van der Waals surface area contributed by atoms with Crippen LogP contribution in [0.2, 0.25) is 5.02 Å². The number of piperazine rings is 1. The van der Waals surface area contributed by atoms with Crippen molar-refractivity contribution in [2.75, 3.05) is 50.7 Å². The number of halogens is 1. The molecular formula is C25H29ClN4O4. The number of carbonyl (C=O) groups excluding carboxylic acids is 2. The van der Waals surface area contributed by atoms with Gasteiger partial charge in [0.1, 0.15) is 0 Å². The molecule has 1 fully saturated rings. The lowest BCUT2D eigenvalue weighted by atomic mass is 9.97. The van der Waals surface area contributed by atoms with Gasteiger partial charge in [0, 0.05) is 55.5 Å². The van der Waals surface area contributed by atoms with Crippen LogP contribution >= 0.6 is 11.6 Å². The molecule has 3 N–H and O–H groups in total. The molecule has 180 valence electrons. The molecule has 9 heteroatoms. The smallest absolute Gasteiger partial charge is 0.308 e. The van der Waals surface area contributed by atoms with Crippen molar-refractivity contribution in [1.82, 2.24) is 15.5 Å². The van der Waals surface area contributed by atoms with Crippen LogP contribution in [0.3, 0.4) is 0 Å². The van der Waals surface area contributed by atoms with E-state index in [1.165, 1.54) is 4.90 Å². The van der Waals surface area contributed by atoms with E-state index < -0.39 is 11.9 Å². The van der Waals surface area contributed by atoms with Crippen LogP contribution in [0.4, 0.5) is 5.69 Å². The number of anilines is 1. The molecular weight excluding hydrogens is 456 g/mol. The van der Waals surface area contributed by atoms with Gasteiger partial charge in [-0.1, -0.05) is 35.9 Å². The Morgan fingerprint density at radius 2 is 1.88 bits per heavy atom. The van der Waals surface area contributed by atoms with E-state index in [0.717, 1.165) is 37.4 Å². The zero-order valence-corrected chi connectivity index (χ0v) is 19.7. The molecule has 0 radical (unpaired) electrons. The fraction of sp³-hybridized carbons (Fsp3) is 0.400. The average molecular weight is 485 g/mol. The topological polar surface area (TPSA) is 102 Å². The van der Waals surface area contributed by atoms with Crippen LogP contribution in [0, 0.1) is 5.92 Å². The third kappa shape index (κ3) is 5.69. The summed E-state index contributed by atoms with van der Waals surface area (Å²) in [6.45, 7) is 3.90. The van der Waals surface area contributed by atoms with Gasteiger partial charge in [-0.15, -0.1) is 0 Å². The van der Waals surface area contributed by atoms with Gasteiger partial charge in [0.15, 0.2) is 0 Å². The van der Waals surface area contributed by atoms with Gasteiger partial charge in [-0.25, -0.2) is 0 Å². The Bertz CT molecular complexity index is 1070. The van der Waals surface area contributed by atoms with E-state index in [2.05, 4.69) is 21.6 Å². The number of aliphatic carboxylic acids is 1. The van der Waals surface area contributed by atoms with Gasteiger partial charge in [0.05, 0.1) is 12.5 Å². The first-order valence-corrected chi connectivity index (χ1v) is 11.9. The molecule has 2 heterocycles. The largest absolute Gasteiger partial charge is 0.481 e. The molecule has 2 aliphatic heterocycles. The molecule has 0 spiro atoms. The van der Waals surface area contributed by atoms with Crippen molar-refractivity contribution in [3.05, 3.63) is 64.2 Å². The average Bonchev–Trinajstić information content (AvgIpc) is 2.85. The first kappa shape index (κ1) is 24.0. The van der Waals surface area contributed by atoms with Crippen molar-refractivity contribution in [3.63, 3.8) is 0 Å². The number of benzene rings is 2. The molecule has 8 nitrogen and oxygen atoms in total. The molecule has 2 aromatic carbocycles. The van der Waals surface area contributed by atoms with Crippen molar-refractivity contribution in [1.29, 1.82) is 0 Å². The fourth-order valence-corrected chi connectivity index (χ4v) is 4.63. The summed E-state index contributed by atoms with van der Waals surface area (Å²) in [5.41, 5.74) is 3.36. The lowest BCUT2D eigenvalue weighted by Crippen LogP contribution is -2.46. The molecule has 0 aliphatic carbocycles. The third-order valence-corrected chi connectivity index (χ3v) is 6.77. The lowest BCUT2D eigenvalue weighted by Gasteiger charge is -2.32. The van der Waals surface area contributed by atoms with E-state index in [1.807, 2.05) is 12.1 Å². The highest BCUT2D eigenvalue weighted by Crippen LogP contribution is 2.25. The van der Waals surface area contributed by atoms with E-state index in [-0.39, 0.29) is 31.3 Å². The van der Waals surface area contributed by atoms with E-state index >= 15 is 0 Å². The maximum atomic E-state index is 13.1. The highest BCUT2D eigenvalue weighted by Gasteiger charge is 2.28. The van der Waals surface area contributed by atoms with Crippen molar-refractivity contribution >= 4 is 35.1 Å². The summed E-state index contributed by atoms with van der Waals surface area (Å²) in [7, 11) is 0. The van der Waals surface area contributed by atoms with Crippen LogP contribution in [0.15, 0.2) is 42.5 Å². The lowest BCUT2D eigenvalue weighted by molar-refractivity contribution is -0.141. The second-order valence-electron chi connectivity index (χ2n) is 8.69. The Morgan fingerprint density at radius 3 is 2.62 bits per heavy atom. The molecule has 2 aromatic rings.